The zero-order chi connectivity index (χ0) is 40.7. The van der Waals surface area contributed by atoms with Gasteiger partial charge in [0.05, 0.1) is 33.6 Å². The van der Waals surface area contributed by atoms with Gasteiger partial charge in [0.25, 0.3) is 10.4 Å². The van der Waals surface area contributed by atoms with E-state index in [-0.39, 0.29) is 18.6 Å². The van der Waals surface area contributed by atoms with Crippen molar-refractivity contribution in [2.75, 3.05) is 13.2 Å². The predicted octanol–water partition coefficient (Wildman–Crippen LogP) is 12.3. The number of para-hydroxylation sites is 2. The maximum Gasteiger partial charge on any atom is 0.417 e. The summed E-state index contributed by atoms with van der Waals surface area (Å²) in [7, 11) is 0. The van der Waals surface area contributed by atoms with E-state index in [9.17, 15) is 23.1 Å². The Morgan fingerprint density at radius 3 is 1.62 bits per heavy atom. The van der Waals surface area contributed by atoms with Gasteiger partial charge in [-0.1, -0.05) is 72.9 Å². The fourth-order valence-corrected chi connectivity index (χ4v) is 7.76. The van der Waals surface area contributed by atoms with Gasteiger partial charge in [-0.25, -0.2) is 9.97 Å². The summed E-state index contributed by atoms with van der Waals surface area (Å²) in [5.74, 6) is 3.83. The van der Waals surface area contributed by atoms with Crippen LogP contribution >= 0.6 is 22.7 Å². The molecular weight excluding hydrogens is 786 g/mol. The second-order valence-corrected chi connectivity index (χ2v) is 16.9. The molecule has 0 aliphatic heterocycles. The molecule has 306 valence electrons. The Kier molecular flexibility index (Phi) is 13.2. The summed E-state index contributed by atoms with van der Waals surface area (Å²) in [4.78, 5) is 20.6. The molecule has 2 aromatic heterocycles. The summed E-state index contributed by atoms with van der Waals surface area (Å²) < 4.78 is 65.7. The minimum Gasteiger partial charge on any atom is -0.489 e. The SMILES string of the molecule is CCC(=O)CCc1ccc(Oc2nc3ccccc3s2)c(OCC2CC2)c1.CCC(O)(CCc1ccc(Oc2nc3ccccc3s2)c(OCC2CC2)c1)C(F)(F)F. The first-order chi connectivity index (χ1) is 28.0. The maximum absolute atomic E-state index is 13.2. The molecule has 1 N–H and O–H groups in total. The lowest BCUT2D eigenvalue weighted by atomic mass is 9.91. The third kappa shape index (κ3) is 11.1. The number of fused-ring (bicyclic) bond motifs is 2. The fourth-order valence-electron chi connectivity index (χ4n) is 6.10. The van der Waals surface area contributed by atoms with Crippen molar-refractivity contribution >= 4 is 48.9 Å². The number of aliphatic hydroxyl groups is 1. The first kappa shape index (κ1) is 41.4. The largest absolute Gasteiger partial charge is 0.489 e. The van der Waals surface area contributed by atoms with Gasteiger partial charge in [-0.05, 0) is 123 Å². The molecule has 0 saturated heterocycles. The molecule has 6 aromatic rings. The quantitative estimate of drug-likeness (QED) is 0.0914. The third-order valence-corrected chi connectivity index (χ3v) is 12.2. The molecule has 2 heterocycles. The molecule has 2 fully saturated rings. The van der Waals surface area contributed by atoms with E-state index < -0.39 is 18.2 Å². The first-order valence-electron chi connectivity index (χ1n) is 19.9. The Morgan fingerprint density at radius 1 is 0.707 bits per heavy atom. The minimum atomic E-state index is -4.66. The monoisotopic (exact) mass is 832 g/mol. The van der Waals surface area contributed by atoms with Crippen molar-refractivity contribution in [3.05, 3.63) is 96.1 Å². The Morgan fingerprint density at radius 2 is 1.19 bits per heavy atom. The van der Waals surface area contributed by atoms with E-state index >= 15 is 0 Å². The number of aryl methyl sites for hydroxylation is 2. The summed E-state index contributed by atoms with van der Waals surface area (Å²) in [5.41, 5.74) is 0.828. The molecule has 2 aliphatic rings. The number of alkyl halides is 3. The maximum atomic E-state index is 13.2. The zero-order valence-corrected chi connectivity index (χ0v) is 34.2. The molecule has 8 nitrogen and oxygen atoms in total. The minimum absolute atomic E-state index is 0.0745. The zero-order valence-electron chi connectivity index (χ0n) is 32.6. The van der Waals surface area contributed by atoms with Gasteiger partial charge in [0.15, 0.2) is 28.6 Å². The average Bonchev–Trinajstić information content (AvgIpc) is 4.15. The van der Waals surface area contributed by atoms with Crippen molar-refractivity contribution in [2.45, 2.75) is 89.8 Å². The highest BCUT2D eigenvalue weighted by Crippen LogP contribution is 2.41. The lowest BCUT2D eigenvalue weighted by molar-refractivity contribution is -0.263. The van der Waals surface area contributed by atoms with Crippen molar-refractivity contribution in [1.82, 2.24) is 9.97 Å². The van der Waals surface area contributed by atoms with E-state index in [4.69, 9.17) is 18.9 Å². The molecule has 1 unspecified atom stereocenters. The first-order valence-corrected chi connectivity index (χ1v) is 21.5. The van der Waals surface area contributed by atoms with E-state index in [1.165, 1.54) is 42.4 Å². The number of carbonyl (C=O) groups excluding carboxylic acids is 1. The van der Waals surface area contributed by atoms with Crippen molar-refractivity contribution < 1.29 is 42.0 Å². The molecule has 58 heavy (non-hydrogen) atoms. The lowest BCUT2D eigenvalue weighted by Gasteiger charge is -2.29. The molecule has 2 saturated carbocycles. The molecule has 0 spiro atoms. The summed E-state index contributed by atoms with van der Waals surface area (Å²) in [6, 6.07) is 26.8. The lowest BCUT2D eigenvalue weighted by Crippen LogP contribution is -2.44. The standard InChI is InChI=1S/C23H24F3NO3S.C22H23NO3S/c1-2-22(28,23(24,25)26)12-11-15-9-10-18(19(13-15)29-14-16-7-8-16)30-21-27-17-5-3-4-6-20(17)31-21;1-2-17(24)11-9-15-10-12-19(20(13-15)25-14-16-7-8-16)26-22-23-18-5-3-4-6-21(18)27-22/h3-6,9-10,13,16,28H,2,7-8,11-12,14H2,1H3;3-6,10,12-13,16H,2,7-9,11,14H2,1H3. The number of hydrogen-bond donors (Lipinski definition) is 1. The van der Waals surface area contributed by atoms with Gasteiger partial charge in [0.1, 0.15) is 5.78 Å². The van der Waals surface area contributed by atoms with E-state index in [0.29, 0.717) is 71.1 Å². The van der Waals surface area contributed by atoms with Crippen LogP contribution in [0.25, 0.3) is 20.4 Å². The van der Waals surface area contributed by atoms with Crippen LogP contribution in [0, 0.1) is 11.8 Å². The van der Waals surface area contributed by atoms with Gasteiger partial charge >= 0.3 is 6.18 Å². The normalized spacial score (nSPS) is 15.1. The Labute approximate surface area is 344 Å². The predicted molar refractivity (Wildman–Crippen MR) is 222 cm³/mol. The summed E-state index contributed by atoms with van der Waals surface area (Å²) >= 11 is 2.94. The Bertz CT molecular complexity index is 2250. The second kappa shape index (κ2) is 18.5. The molecule has 0 bridgehead atoms. The number of halogens is 3. The summed E-state index contributed by atoms with van der Waals surface area (Å²) in [6.07, 6.45) is 1.19. The highest BCUT2D eigenvalue weighted by molar-refractivity contribution is 7.20. The van der Waals surface area contributed by atoms with Crippen molar-refractivity contribution in [1.29, 1.82) is 0 Å². The van der Waals surface area contributed by atoms with Crippen LogP contribution in [0.1, 0.15) is 76.3 Å². The van der Waals surface area contributed by atoms with Crippen molar-refractivity contribution in [3.8, 4) is 33.4 Å². The molecule has 2 aliphatic carbocycles. The van der Waals surface area contributed by atoms with Gasteiger partial charge in [-0.15, -0.1) is 0 Å². The van der Waals surface area contributed by atoms with E-state index in [1.54, 1.807) is 18.2 Å². The second-order valence-electron chi connectivity index (χ2n) is 14.9. The number of benzene rings is 4. The van der Waals surface area contributed by atoms with Gasteiger partial charge in [0, 0.05) is 12.8 Å². The summed E-state index contributed by atoms with van der Waals surface area (Å²) in [5, 5.41) is 11.1. The topological polar surface area (TPSA) is 100 Å². The molecule has 8 rings (SSSR count). The van der Waals surface area contributed by atoms with Crippen LogP contribution in [0.3, 0.4) is 0 Å². The molecule has 0 amide bonds. The highest BCUT2D eigenvalue weighted by atomic mass is 32.1. The van der Waals surface area contributed by atoms with Crippen molar-refractivity contribution in [3.63, 3.8) is 0 Å². The average molecular weight is 833 g/mol. The van der Waals surface area contributed by atoms with Gasteiger partial charge in [-0.2, -0.15) is 13.2 Å². The summed E-state index contributed by atoms with van der Waals surface area (Å²) in [6.45, 7) is 4.50. The van der Waals surface area contributed by atoms with E-state index in [0.717, 1.165) is 51.0 Å². The van der Waals surface area contributed by atoms with Gasteiger partial charge in [-0.3, -0.25) is 4.79 Å². The number of hydrogen-bond acceptors (Lipinski definition) is 10. The Hall–Kier alpha value is -4.72. The van der Waals surface area contributed by atoms with Crippen LogP contribution in [-0.4, -0.2) is 45.8 Å². The molecular formula is C45H47F3N2O6S2. The number of ketones is 1. The Balaban J connectivity index is 0.000000178. The number of nitrogens with zero attached hydrogens (tertiary/aromatic N) is 2. The van der Waals surface area contributed by atoms with Crippen LogP contribution < -0.4 is 18.9 Å². The number of rotatable bonds is 18. The molecule has 1 atom stereocenters. The van der Waals surface area contributed by atoms with Crippen LogP contribution in [-0.2, 0) is 17.6 Å². The van der Waals surface area contributed by atoms with Crippen LogP contribution in [0.15, 0.2) is 84.9 Å². The van der Waals surface area contributed by atoms with Gasteiger partial charge < -0.3 is 24.1 Å². The number of aromatic nitrogens is 2. The highest BCUT2D eigenvalue weighted by Gasteiger charge is 2.51. The van der Waals surface area contributed by atoms with Gasteiger partial charge in [0.2, 0.25) is 0 Å². The number of carbonyl (C=O) groups is 1. The van der Waals surface area contributed by atoms with E-state index in [2.05, 4.69) is 9.97 Å². The molecule has 13 heteroatoms. The molecule has 0 radical (unpaired) electrons. The van der Waals surface area contributed by atoms with E-state index in [1.807, 2.05) is 73.7 Å². The third-order valence-electron chi connectivity index (χ3n) is 10.3. The number of thiazole rings is 2. The fraction of sp³-hybridized carbons (Fsp3) is 0.400. The molecule has 4 aromatic carbocycles. The van der Waals surface area contributed by atoms with Crippen LogP contribution in [0.4, 0.5) is 13.2 Å². The van der Waals surface area contributed by atoms with Crippen molar-refractivity contribution in [2.24, 2.45) is 11.8 Å². The smallest absolute Gasteiger partial charge is 0.417 e. The number of ether oxygens (including phenoxy) is 4. The number of Topliss-reactive ketones (excluding diaryl/α,β-unsaturated/α-hetero) is 1. The van der Waals surface area contributed by atoms with Crippen LogP contribution in [0.5, 0.6) is 33.4 Å². The van der Waals surface area contributed by atoms with Crippen LogP contribution in [0.2, 0.25) is 0 Å².